The van der Waals surface area contributed by atoms with E-state index >= 15 is 0 Å². The van der Waals surface area contributed by atoms with Gasteiger partial charge in [-0.25, -0.2) is 0 Å². The van der Waals surface area contributed by atoms with Gasteiger partial charge in [-0.2, -0.15) is 10.9 Å². The fourth-order valence-corrected chi connectivity index (χ4v) is 0.308. The van der Waals surface area contributed by atoms with Gasteiger partial charge in [-0.05, 0) is 0 Å². The molecule has 0 saturated carbocycles. The second kappa shape index (κ2) is 3.90. The summed E-state index contributed by atoms with van der Waals surface area (Å²) in [5, 5.41) is 0. The van der Waals surface area contributed by atoms with Crippen LogP contribution in [0.1, 0.15) is 6.92 Å². The molecule has 0 aromatic heterocycles. The quantitative estimate of drug-likeness (QED) is 0.344. The van der Waals surface area contributed by atoms with Crippen LogP contribution in [0.3, 0.4) is 0 Å². The summed E-state index contributed by atoms with van der Waals surface area (Å²) < 4.78 is 0. The van der Waals surface area contributed by atoms with Gasteiger partial charge in [-0.3, -0.25) is 0 Å². The summed E-state index contributed by atoms with van der Waals surface area (Å²) in [6, 6.07) is 0. The maximum Gasteiger partial charge on any atom is 0.212 e. The maximum atomic E-state index is 4.83. The van der Waals surface area contributed by atoms with Crippen molar-refractivity contribution in [3.05, 3.63) is 12.4 Å². The van der Waals surface area contributed by atoms with Gasteiger partial charge >= 0.3 is 0 Å². The molecule has 0 aromatic carbocycles. The Morgan fingerprint density at radius 2 is 2.10 bits per heavy atom. The summed E-state index contributed by atoms with van der Waals surface area (Å²) in [4.78, 5) is 10.00. The van der Waals surface area contributed by atoms with Gasteiger partial charge in [-0.1, -0.05) is 6.58 Å². The molecule has 58 valence electrons. The van der Waals surface area contributed by atoms with E-state index in [0.29, 0.717) is 11.7 Å². The Morgan fingerprint density at radius 3 is 2.40 bits per heavy atom. The minimum absolute atomic E-state index is 0.402. The summed E-state index contributed by atoms with van der Waals surface area (Å²) in [5.74, 6) is 5.85. The standard InChI is InChI=1S/C6H13N3O/c1-5(9(3)4)8-6(2)10-7/h1,7H2,2-4H3/b8-6-. The smallest absolute Gasteiger partial charge is 0.212 e. The Kier molecular flexibility index (Phi) is 3.49. The number of nitrogens with zero attached hydrogens (tertiary/aromatic N) is 2. The van der Waals surface area contributed by atoms with Gasteiger partial charge in [0.1, 0.15) is 5.82 Å². The normalized spacial score (nSPS) is 11.0. The Morgan fingerprint density at radius 1 is 1.60 bits per heavy atom. The zero-order valence-corrected chi connectivity index (χ0v) is 6.59. The summed E-state index contributed by atoms with van der Waals surface area (Å²) in [6.07, 6.45) is 0. The van der Waals surface area contributed by atoms with Crippen molar-refractivity contribution >= 4 is 5.90 Å². The monoisotopic (exact) mass is 143 g/mol. The minimum Gasteiger partial charge on any atom is -0.396 e. The number of rotatable bonds is 2. The van der Waals surface area contributed by atoms with Crippen LogP contribution in [0.5, 0.6) is 0 Å². The van der Waals surface area contributed by atoms with Crippen LogP contribution in [0.25, 0.3) is 0 Å². The highest BCUT2D eigenvalue weighted by atomic mass is 16.6. The molecule has 0 fully saturated rings. The Hall–Kier alpha value is -1.03. The minimum atomic E-state index is 0.402. The molecule has 0 aliphatic rings. The van der Waals surface area contributed by atoms with Crippen LogP contribution < -0.4 is 5.90 Å². The van der Waals surface area contributed by atoms with Crippen LogP contribution in [0.2, 0.25) is 0 Å². The first-order valence-electron chi connectivity index (χ1n) is 2.86. The van der Waals surface area contributed by atoms with Gasteiger partial charge in [0.15, 0.2) is 0 Å². The summed E-state index contributed by atoms with van der Waals surface area (Å²) >= 11 is 0. The van der Waals surface area contributed by atoms with Crippen LogP contribution >= 0.6 is 0 Å². The topological polar surface area (TPSA) is 50.9 Å². The van der Waals surface area contributed by atoms with Crippen LogP contribution in [-0.4, -0.2) is 24.9 Å². The molecule has 0 unspecified atom stereocenters. The van der Waals surface area contributed by atoms with E-state index in [1.54, 1.807) is 11.8 Å². The maximum absolute atomic E-state index is 4.83. The highest BCUT2D eigenvalue weighted by molar-refractivity contribution is 5.73. The van der Waals surface area contributed by atoms with Crippen LogP contribution in [-0.2, 0) is 4.84 Å². The molecule has 0 heterocycles. The SMILES string of the molecule is C=C(/N=C(/C)ON)N(C)C. The zero-order chi connectivity index (χ0) is 8.15. The first-order chi connectivity index (χ1) is 4.57. The van der Waals surface area contributed by atoms with Crippen molar-refractivity contribution in [2.75, 3.05) is 14.1 Å². The molecule has 0 aliphatic heterocycles. The lowest BCUT2D eigenvalue weighted by molar-refractivity contribution is 0.315. The van der Waals surface area contributed by atoms with Crippen molar-refractivity contribution in [2.24, 2.45) is 10.9 Å². The fourth-order valence-electron chi connectivity index (χ4n) is 0.308. The average Bonchev–Trinajstić information content (AvgIpc) is 1.87. The van der Waals surface area contributed by atoms with Gasteiger partial charge < -0.3 is 9.74 Å². The number of hydrogen-bond donors (Lipinski definition) is 1. The third-order valence-electron chi connectivity index (χ3n) is 0.973. The lowest BCUT2D eigenvalue weighted by Gasteiger charge is -2.10. The summed E-state index contributed by atoms with van der Waals surface area (Å²) in [7, 11) is 3.69. The van der Waals surface area contributed by atoms with Crippen molar-refractivity contribution in [1.82, 2.24) is 4.90 Å². The Bertz CT molecular complexity index is 151. The largest absolute Gasteiger partial charge is 0.396 e. The summed E-state index contributed by atoms with van der Waals surface area (Å²) in [6.45, 7) is 5.31. The van der Waals surface area contributed by atoms with Crippen LogP contribution in [0.4, 0.5) is 0 Å². The number of hydrogen-bond acceptors (Lipinski definition) is 4. The molecule has 10 heavy (non-hydrogen) atoms. The molecule has 0 amide bonds. The van der Waals surface area contributed by atoms with E-state index in [1.807, 2.05) is 14.1 Å². The average molecular weight is 143 g/mol. The molecule has 0 aliphatic carbocycles. The van der Waals surface area contributed by atoms with Crippen LogP contribution in [0.15, 0.2) is 17.4 Å². The molecule has 0 aromatic rings. The first-order valence-corrected chi connectivity index (χ1v) is 2.86. The van der Waals surface area contributed by atoms with Crippen molar-refractivity contribution in [1.29, 1.82) is 0 Å². The van der Waals surface area contributed by atoms with E-state index in [-0.39, 0.29) is 0 Å². The van der Waals surface area contributed by atoms with E-state index in [2.05, 4.69) is 16.4 Å². The zero-order valence-electron chi connectivity index (χ0n) is 6.59. The van der Waals surface area contributed by atoms with Crippen molar-refractivity contribution in [3.8, 4) is 0 Å². The molecule has 2 N–H and O–H groups in total. The highest BCUT2D eigenvalue weighted by Crippen LogP contribution is 1.95. The van der Waals surface area contributed by atoms with E-state index < -0.39 is 0 Å². The molecular formula is C6H13N3O. The first kappa shape index (κ1) is 8.97. The lowest BCUT2D eigenvalue weighted by atomic mass is 10.7. The van der Waals surface area contributed by atoms with Gasteiger partial charge in [-0.15, -0.1) is 0 Å². The van der Waals surface area contributed by atoms with E-state index in [9.17, 15) is 0 Å². The van der Waals surface area contributed by atoms with Crippen LogP contribution in [0, 0.1) is 0 Å². The predicted molar refractivity (Wildman–Crippen MR) is 41.2 cm³/mol. The molecule has 0 bridgehead atoms. The summed E-state index contributed by atoms with van der Waals surface area (Å²) in [5.41, 5.74) is 0. The molecule has 0 radical (unpaired) electrons. The van der Waals surface area contributed by atoms with Crippen molar-refractivity contribution in [2.45, 2.75) is 6.92 Å². The Balaban J connectivity index is 4.00. The van der Waals surface area contributed by atoms with E-state index in [1.165, 1.54) is 0 Å². The molecule has 0 saturated heterocycles. The third-order valence-corrected chi connectivity index (χ3v) is 0.973. The molecule has 0 atom stereocenters. The molecule has 4 nitrogen and oxygen atoms in total. The lowest BCUT2D eigenvalue weighted by Crippen LogP contribution is -2.12. The Labute approximate surface area is 60.9 Å². The second-order valence-electron chi connectivity index (χ2n) is 2.06. The third kappa shape index (κ3) is 3.09. The molecule has 0 spiro atoms. The van der Waals surface area contributed by atoms with E-state index in [0.717, 1.165) is 0 Å². The highest BCUT2D eigenvalue weighted by Gasteiger charge is 1.93. The van der Waals surface area contributed by atoms with Gasteiger partial charge in [0, 0.05) is 21.0 Å². The van der Waals surface area contributed by atoms with Crippen molar-refractivity contribution < 1.29 is 4.84 Å². The second-order valence-corrected chi connectivity index (χ2v) is 2.06. The predicted octanol–water partition coefficient (Wildman–Crippen LogP) is 0.328. The number of nitrogens with two attached hydrogens (primary N) is 1. The van der Waals surface area contributed by atoms with Gasteiger partial charge in [0.05, 0.1) is 0 Å². The van der Waals surface area contributed by atoms with Gasteiger partial charge in [0.25, 0.3) is 0 Å². The van der Waals surface area contributed by atoms with Crippen molar-refractivity contribution in [3.63, 3.8) is 0 Å². The molecule has 4 heteroatoms. The number of aliphatic imine (C=N–C) groups is 1. The molecular weight excluding hydrogens is 130 g/mol. The van der Waals surface area contributed by atoms with Gasteiger partial charge in [0.2, 0.25) is 5.90 Å². The van der Waals surface area contributed by atoms with E-state index in [4.69, 9.17) is 5.90 Å². The fraction of sp³-hybridized carbons (Fsp3) is 0.500. The molecule has 0 rings (SSSR count).